The second kappa shape index (κ2) is 7.45. The number of anilines is 1. The van der Waals surface area contributed by atoms with Crippen molar-refractivity contribution in [2.45, 2.75) is 32.2 Å². The molecule has 0 aromatic heterocycles. The number of hydrazone groups is 1. The highest BCUT2D eigenvalue weighted by Crippen LogP contribution is 2.55. The van der Waals surface area contributed by atoms with Gasteiger partial charge in [-0.15, -0.1) is 5.10 Å². The quantitative estimate of drug-likeness (QED) is 0.773. The summed E-state index contributed by atoms with van der Waals surface area (Å²) in [7, 11) is 0. The number of hydrogen-bond acceptors (Lipinski definition) is 5. The molecule has 0 bridgehead atoms. The number of amides is 3. The van der Waals surface area contributed by atoms with Gasteiger partial charge in [0.1, 0.15) is 0 Å². The first-order valence-electron chi connectivity index (χ1n) is 9.26. The van der Waals surface area contributed by atoms with E-state index in [1.165, 1.54) is 13.8 Å². The van der Waals surface area contributed by atoms with Crippen molar-refractivity contribution in [3.8, 4) is 0 Å². The van der Waals surface area contributed by atoms with Crippen LogP contribution in [0.3, 0.4) is 0 Å². The molecule has 2 aromatic carbocycles. The number of rotatable bonds is 2. The highest BCUT2D eigenvalue weighted by molar-refractivity contribution is 8.15. The lowest BCUT2D eigenvalue weighted by Crippen LogP contribution is -2.48. The van der Waals surface area contributed by atoms with E-state index in [4.69, 9.17) is 11.6 Å². The standard InChI is InChI=1S/C21H19ClN4O3S/c1-12-8-9-18-16(10-12)21(26(14(3)28)24-20(30-21)23-13(2)27)19(29)25(18)11-15-6-4-5-7-17(15)22/h4-10H,11H2,1-3H3,(H,23,24,27). The highest BCUT2D eigenvalue weighted by atomic mass is 35.5. The van der Waals surface area contributed by atoms with Crippen molar-refractivity contribution in [2.24, 2.45) is 5.10 Å². The summed E-state index contributed by atoms with van der Waals surface area (Å²) < 4.78 is 0. The number of halogens is 1. The smallest absolute Gasteiger partial charge is 0.271 e. The Bertz CT molecular complexity index is 1120. The van der Waals surface area contributed by atoms with Crippen LogP contribution in [0, 0.1) is 6.92 Å². The fourth-order valence-electron chi connectivity index (χ4n) is 3.68. The van der Waals surface area contributed by atoms with Crippen molar-refractivity contribution < 1.29 is 14.4 Å². The first-order valence-corrected chi connectivity index (χ1v) is 10.5. The van der Waals surface area contributed by atoms with E-state index in [1.807, 2.05) is 43.3 Å². The predicted molar refractivity (Wildman–Crippen MR) is 117 cm³/mol. The molecule has 0 radical (unpaired) electrons. The molecule has 2 aromatic rings. The van der Waals surface area contributed by atoms with Gasteiger partial charge in [0.15, 0.2) is 5.17 Å². The molecule has 2 aliphatic rings. The van der Waals surface area contributed by atoms with Gasteiger partial charge in [0.25, 0.3) is 5.91 Å². The Hall–Kier alpha value is -2.84. The topological polar surface area (TPSA) is 82.1 Å². The van der Waals surface area contributed by atoms with Crippen molar-refractivity contribution in [3.63, 3.8) is 0 Å². The van der Waals surface area contributed by atoms with Gasteiger partial charge in [0.05, 0.1) is 12.2 Å². The zero-order chi connectivity index (χ0) is 21.6. The number of benzene rings is 2. The van der Waals surface area contributed by atoms with Gasteiger partial charge in [-0.25, -0.2) is 0 Å². The highest BCUT2D eigenvalue weighted by Gasteiger charge is 2.61. The van der Waals surface area contributed by atoms with E-state index in [0.717, 1.165) is 27.9 Å². The molecule has 3 amide bonds. The molecule has 0 aliphatic carbocycles. The van der Waals surface area contributed by atoms with E-state index < -0.39 is 10.8 Å². The SMILES string of the molecule is CC(=O)NC1=NN(C(C)=O)C2(S1)C(=O)N(Cc1ccccc1Cl)c1ccc(C)cc12. The molecule has 154 valence electrons. The third kappa shape index (κ3) is 3.16. The average molecular weight is 443 g/mol. The van der Waals surface area contributed by atoms with Crippen molar-refractivity contribution in [3.05, 3.63) is 64.2 Å². The van der Waals surface area contributed by atoms with Crippen LogP contribution in [0.2, 0.25) is 5.02 Å². The molecule has 1 atom stereocenters. The second-order valence-corrected chi connectivity index (χ2v) is 8.76. The Balaban J connectivity index is 1.84. The second-order valence-electron chi connectivity index (χ2n) is 7.17. The minimum absolute atomic E-state index is 0.207. The number of nitrogens with one attached hydrogen (secondary N) is 1. The van der Waals surface area contributed by atoms with E-state index in [-0.39, 0.29) is 23.5 Å². The van der Waals surface area contributed by atoms with Crippen molar-refractivity contribution >= 4 is 51.9 Å². The summed E-state index contributed by atoms with van der Waals surface area (Å²) in [6.07, 6.45) is 0. The lowest BCUT2D eigenvalue weighted by molar-refractivity contribution is -0.139. The van der Waals surface area contributed by atoms with Gasteiger partial charge in [-0.3, -0.25) is 14.4 Å². The van der Waals surface area contributed by atoms with Crippen LogP contribution in [0.1, 0.15) is 30.5 Å². The number of nitrogens with zero attached hydrogens (tertiary/aromatic N) is 3. The number of thioether (sulfide) groups is 1. The molecule has 0 saturated carbocycles. The molecule has 2 heterocycles. The van der Waals surface area contributed by atoms with Crippen LogP contribution in [-0.2, 0) is 25.8 Å². The van der Waals surface area contributed by atoms with E-state index in [1.54, 1.807) is 11.0 Å². The lowest BCUT2D eigenvalue weighted by atomic mass is 10.0. The van der Waals surface area contributed by atoms with Crippen molar-refractivity contribution in [1.82, 2.24) is 10.3 Å². The predicted octanol–water partition coefficient (Wildman–Crippen LogP) is 3.35. The van der Waals surface area contributed by atoms with Gasteiger partial charge in [-0.05, 0) is 36.4 Å². The normalized spacial score (nSPS) is 19.9. The van der Waals surface area contributed by atoms with Gasteiger partial charge >= 0.3 is 0 Å². The Kier molecular flexibility index (Phi) is 5.07. The Morgan fingerprint density at radius 2 is 1.93 bits per heavy atom. The van der Waals surface area contributed by atoms with Gasteiger partial charge < -0.3 is 10.2 Å². The third-order valence-corrected chi connectivity index (χ3v) is 6.55. The molecule has 30 heavy (non-hydrogen) atoms. The molecule has 1 N–H and O–H groups in total. The number of carbonyl (C=O) groups is 3. The molecule has 4 rings (SSSR count). The Morgan fingerprint density at radius 3 is 2.60 bits per heavy atom. The van der Waals surface area contributed by atoms with Crippen LogP contribution in [0.5, 0.6) is 0 Å². The lowest BCUT2D eigenvalue weighted by Gasteiger charge is -2.29. The first kappa shape index (κ1) is 20.4. The maximum Gasteiger partial charge on any atom is 0.271 e. The summed E-state index contributed by atoms with van der Waals surface area (Å²) >= 11 is 7.40. The monoisotopic (exact) mass is 442 g/mol. The number of fused-ring (bicyclic) bond motifs is 2. The van der Waals surface area contributed by atoms with E-state index >= 15 is 0 Å². The summed E-state index contributed by atoms with van der Waals surface area (Å²) in [5.74, 6) is -1.04. The summed E-state index contributed by atoms with van der Waals surface area (Å²) in [5, 5.41) is 8.79. The molecular formula is C21H19ClN4O3S. The fraction of sp³-hybridized carbons (Fsp3) is 0.238. The zero-order valence-electron chi connectivity index (χ0n) is 16.6. The van der Waals surface area contributed by atoms with Crippen LogP contribution in [0.25, 0.3) is 0 Å². The largest absolute Gasteiger partial charge is 0.304 e. The molecular weight excluding hydrogens is 424 g/mol. The summed E-state index contributed by atoms with van der Waals surface area (Å²) in [4.78, 5) is 38.1. The van der Waals surface area contributed by atoms with Gasteiger partial charge in [0.2, 0.25) is 16.7 Å². The maximum absolute atomic E-state index is 13.8. The summed E-state index contributed by atoms with van der Waals surface area (Å²) in [6.45, 7) is 4.87. The number of amidine groups is 1. The van der Waals surface area contributed by atoms with Gasteiger partial charge in [-0.1, -0.05) is 47.5 Å². The van der Waals surface area contributed by atoms with Crippen LogP contribution < -0.4 is 10.2 Å². The third-order valence-electron chi connectivity index (χ3n) is 4.94. The number of carbonyl (C=O) groups excluding carboxylic acids is 3. The van der Waals surface area contributed by atoms with Gasteiger partial charge in [0, 0.05) is 24.4 Å². The first-order chi connectivity index (χ1) is 14.2. The Morgan fingerprint density at radius 1 is 1.20 bits per heavy atom. The van der Waals surface area contributed by atoms with E-state index in [0.29, 0.717) is 16.3 Å². The molecule has 1 spiro atoms. The molecule has 2 aliphatic heterocycles. The van der Waals surface area contributed by atoms with E-state index in [2.05, 4.69) is 10.4 Å². The Labute approximate surface area is 183 Å². The minimum atomic E-state index is -1.41. The summed E-state index contributed by atoms with van der Waals surface area (Å²) in [5.41, 5.74) is 3.07. The van der Waals surface area contributed by atoms with Crippen LogP contribution in [0.4, 0.5) is 5.69 Å². The fourth-order valence-corrected chi connectivity index (χ4v) is 5.20. The number of hydrogen-bond donors (Lipinski definition) is 1. The summed E-state index contributed by atoms with van der Waals surface area (Å²) in [6, 6.07) is 13.0. The van der Waals surface area contributed by atoms with Crippen LogP contribution >= 0.6 is 23.4 Å². The molecule has 7 nitrogen and oxygen atoms in total. The molecule has 0 saturated heterocycles. The average Bonchev–Trinajstić information content (AvgIpc) is 3.16. The van der Waals surface area contributed by atoms with Crippen LogP contribution in [0.15, 0.2) is 47.6 Å². The molecule has 0 fully saturated rings. The van der Waals surface area contributed by atoms with Gasteiger partial charge in [-0.2, -0.15) is 5.01 Å². The minimum Gasteiger partial charge on any atom is -0.304 e. The molecule has 1 unspecified atom stereocenters. The number of aryl methyl sites for hydroxylation is 1. The van der Waals surface area contributed by atoms with Crippen molar-refractivity contribution in [1.29, 1.82) is 0 Å². The van der Waals surface area contributed by atoms with Crippen molar-refractivity contribution in [2.75, 3.05) is 4.90 Å². The van der Waals surface area contributed by atoms with E-state index in [9.17, 15) is 14.4 Å². The zero-order valence-corrected chi connectivity index (χ0v) is 18.2. The maximum atomic E-state index is 13.8. The molecule has 9 heteroatoms. The van der Waals surface area contributed by atoms with Crippen LogP contribution in [-0.4, -0.2) is 27.9 Å².